The van der Waals surface area contributed by atoms with Crippen molar-refractivity contribution in [1.29, 1.82) is 0 Å². The van der Waals surface area contributed by atoms with Crippen LogP contribution in [-0.2, 0) is 14.6 Å². The summed E-state index contributed by atoms with van der Waals surface area (Å²) in [6.07, 6.45) is 0. The molecule has 20 heavy (non-hydrogen) atoms. The Morgan fingerprint density at radius 1 is 1.05 bits per heavy atom. The van der Waals surface area contributed by atoms with Crippen LogP contribution in [0.2, 0.25) is 0 Å². The van der Waals surface area contributed by atoms with Crippen molar-refractivity contribution in [3.63, 3.8) is 0 Å². The average molecular weight is 304 g/mol. The molecule has 1 saturated heterocycles. The Morgan fingerprint density at radius 3 is 1.90 bits per heavy atom. The van der Waals surface area contributed by atoms with Gasteiger partial charge in [0.1, 0.15) is 0 Å². The first-order valence-corrected chi connectivity index (χ1v) is 9.22. The lowest BCUT2D eigenvalue weighted by atomic mass is 10.1. The zero-order valence-corrected chi connectivity index (χ0v) is 13.9. The molecule has 5 nitrogen and oxygen atoms in total. The fourth-order valence-electron chi connectivity index (χ4n) is 2.36. The first-order chi connectivity index (χ1) is 9.19. The highest BCUT2D eigenvalue weighted by Crippen LogP contribution is 2.08. The highest BCUT2D eigenvalue weighted by atomic mass is 32.2. The standard InChI is InChI=1S/C14H28N2O3S/c1-12(2)9-16(10-13(3)4)14(17)11-15-5-7-20(18,19)8-6-15/h12-13H,5-11H2,1-4H3. The molecule has 0 saturated carbocycles. The number of hydrogen-bond acceptors (Lipinski definition) is 4. The third-order valence-corrected chi connectivity index (χ3v) is 4.93. The van der Waals surface area contributed by atoms with Gasteiger partial charge in [-0.15, -0.1) is 0 Å². The minimum Gasteiger partial charge on any atom is -0.341 e. The molecule has 0 aliphatic carbocycles. The quantitative estimate of drug-likeness (QED) is 0.730. The van der Waals surface area contributed by atoms with Gasteiger partial charge in [0.2, 0.25) is 5.91 Å². The predicted octanol–water partition coefficient (Wildman–Crippen LogP) is 0.857. The fraction of sp³-hybridized carbons (Fsp3) is 0.929. The van der Waals surface area contributed by atoms with E-state index in [0.29, 0.717) is 31.5 Å². The van der Waals surface area contributed by atoms with E-state index in [1.165, 1.54) is 0 Å². The average Bonchev–Trinajstić information content (AvgIpc) is 2.29. The van der Waals surface area contributed by atoms with E-state index in [9.17, 15) is 13.2 Å². The summed E-state index contributed by atoms with van der Waals surface area (Å²) in [6.45, 7) is 11.3. The number of hydrogen-bond donors (Lipinski definition) is 0. The molecule has 0 radical (unpaired) electrons. The van der Waals surface area contributed by atoms with Gasteiger partial charge in [-0.25, -0.2) is 8.42 Å². The van der Waals surface area contributed by atoms with Crippen molar-refractivity contribution in [2.24, 2.45) is 11.8 Å². The lowest BCUT2D eigenvalue weighted by molar-refractivity contribution is -0.133. The third kappa shape index (κ3) is 6.22. The Bertz CT molecular complexity index is 394. The molecule has 1 heterocycles. The Hall–Kier alpha value is -0.620. The number of nitrogens with zero attached hydrogens (tertiary/aromatic N) is 2. The van der Waals surface area contributed by atoms with Crippen LogP contribution in [0.1, 0.15) is 27.7 Å². The molecule has 6 heteroatoms. The summed E-state index contributed by atoms with van der Waals surface area (Å²) in [7, 11) is -2.88. The zero-order valence-electron chi connectivity index (χ0n) is 13.1. The van der Waals surface area contributed by atoms with Gasteiger partial charge in [0, 0.05) is 26.2 Å². The van der Waals surface area contributed by atoms with Gasteiger partial charge in [-0.3, -0.25) is 9.69 Å². The SMILES string of the molecule is CC(C)CN(CC(C)C)C(=O)CN1CCS(=O)(=O)CC1. The van der Waals surface area contributed by atoms with Crippen LogP contribution in [0.25, 0.3) is 0 Å². The topological polar surface area (TPSA) is 57.7 Å². The number of carbonyl (C=O) groups is 1. The Labute approximate surface area is 123 Å². The van der Waals surface area contributed by atoms with Gasteiger partial charge in [-0.05, 0) is 11.8 Å². The first-order valence-electron chi connectivity index (χ1n) is 7.40. The van der Waals surface area contributed by atoms with E-state index in [1.807, 2.05) is 9.80 Å². The molecule has 1 aliphatic heterocycles. The Kier molecular flexibility index (Phi) is 6.45. The molecule has 1 amide bonds. The minimum absolute atomic E-state index is 0.117. The van der Waals surface area contributed by atoms with E-state index in [-0.39, 0.29) is 17.4 Å². The smallest absolute Gasteiger partial charge is 0.236 e. The Morgan fingerprint density at radius 2 is 1.50 bits per heavy atom. The zero-order chi connectivity index (χ0) is 15.3. The van der Waals surface area contributed by atoms with Crippen LogP contribution < -0.4 is 0 Å². The second-order valence-corrected chi connectivity index (χ2v) is 8.82. The van der Waals surface area contributed by atoms with Gasteiger partial charge >= 0.3 is 0 Å². The number of carbonyl (C=O) groups excluding carboxylic acids is 1. The number of rotatable bonds is 6. The van der Waals surface area contributed by atoms with Gasteiger partial charge in [-0.1, -0.05) is 27.7 Å². The van der Waals surface area contributed by atoms with Crippen molar-refractivity contribution in [1.82, 2.24) is 9.80 Å². The van der Waals surface area contributed by atoms with Gasteiger partial charge in [0.05, 0.1) is 18.1 Å². The molecule has 1 aliphatic rings. The maximum absolute atomic E-state index is 12.4. The fourth-order valence-corrected chi connectivity index (χ4v) is 3.64. The molecular formula is C14H28N2O3S. The lowest BCUT2D eigenvalue weighted by Gasteiger charge is -2.31. The van der Waals surface area contributed by atoms with E-state index in [2.05, 4.69) is 27.7 Å². The van der Waals surface area contributed by atoms with Crippen molar-refractivity contribution in [3.8, 4) is 0 Å². The van der Waals surface area contributed by atoms with Crippen LogP contribution in [0, 0.1) is 11.8 Å². The summed E-state index contributed by atoms with van der Waals surface area (Å²) in [6, 6.07) is 0. The summed E-state index contributed by atoms with van der Waals surface area (Å²) < 4.78 is 22.8. The summed E-state index contributed by atoms with van der Waals surface area (Å²) in [5, 5.41) is 0. The van der Waals surface area contributed by atoms with Crippen LogP contribution in [0.5, 0.6) is 0 Å². The Balaban J connectivity index is 2.53. The summed E-state index contributed by atoms with van der Waals surface area (Å²) >= 11 is 0. The van der Waals surface area contributed by atoms with Gasteiger partial charge in [-0.2, -0.15) is 0 Å². The molecular weight excluding hydrogens is 276 g/mol. The van der Waals surface area contributed by atoms with Crippen molar-refractivity contribution < 1.29 is 13.2 Å². The van der Waals surface area contributed by atoms with Crippen molar-refractivity contribution >= 4 is 15.7 Å². The maximum atomic E-state index is 12.4. The molecule has 1 fully saturated rings. The molecule has 0 spiro atoms. The second-order valence-electron chi connectivity index (χ2n) is 6.51. The molecule has 0 bridgehead atoms. The summed E-state index contributed by atoms with van der Waals surface area (Å²) in [4.78, 5) is 16.2. The molecule has 0 unspecified atom stereocenters. The molecule has 118 valence electrons. The van der Waals surface area contributed by atoms with E-state index in [4.69, 9.17) is 0 Å². The van der Waals surface area contributed by atoms with Crippen molar-refractivity contribution in [2.75, 3.05) is 44.2 Å². The predicted molar refractivity (Wildman–Crippen MR) is 81.3 cm³/mol. The first kappa shape index (κ1) is 17.4. The van der Waals surface area contributed by atoms with Gasteiger partial charge in [0.25, 0.3) is 0 Å². The van der Waals surface area contributed by atoms with E-state index in [1.54, 1.807) is 0 Å². The van der Waals surface area contributed by atoms with Crippen LogP contribution >= 0.6 is 0 Å². The van der Waals surface area contributed by atoms with Crippen molar-refractivity contribution in [3.05, 3.63) is 0 Å². The second kappa shape index (κ2) is 7.41. The van der Waals surface area contributed by atoms with Crippen LogP contribution in [0.3, 0.4) is 0 Å². The third-order valence-electron chi connectivity index (χ3n) is 3.32. The molecule has 0 aromatic carbocycles. The van der Waals surface area contributed by atoms with E-state index >= 15 is 0 Å². The monoisotopic (exact) mass is 304 g/mol. The summed E-state index contributed by atoms with van der Waals surface area (Å²) in [5.74, 6) is 1.36. The van der Waals surface area contributed by atoms with E-state index in [0.717, 1.165) is 13.1 Å². The van der Waals surface area contributed by atoms with Crippen molar-refractivity contribution in [2.45, 2.75) is 27.7 Å². The van der Waals surface area contributed by atoms with E-state index < -0.39 is 9.84 Å². The maximum Gasteiger partial charge on any atom is 0.236 e. The molecule has 0 atom stereocenters. The largest absolute Gasteiger partial charge is 0.341 e. The van der Waals surface area contributed by atoms with Crippen LogP contribution in [0.15, 0.2) is 0 Å². The highest BCUT2D eigenvalue weighted by Gasteiger charge is 2.25. The minimum atomic E-state index is -2.88. The highest BCUT2D eigenvalue weighted by molar-refractivity contribution is 7.91. The summed E-state index contributed by atoms with van der Waals surface area (Å²) in [5.41, 5.74) is 0. The van der Waals surface area contributed by atoms with Gasteiger partial charge < -0.3 is 4.90 Å². The molecule has 0 aromatic heterocycles. The number of amides is 1. The van der Waals surface area contributed by atoms with Crippen LogP contribution in [0.4, 0.5) is 0 Å². The molecule has 0 aromatic rings. The number of sulfone groups is 1. The van der Waals surface area contributed by atoms with Gasteiger partial charge in [0.15, 0.2) is 9.84 Å². The molecule has 0 N–H and O–H groups in total. The normalized spacial score (nSPS) is 19.5. The molecule has 1 rings (SSSR count). The lowest BCUT2D eigenvalue weighted by Crippen LogP contribution is -2.48. The van der Waals surface area contributed by atoms with Crippen LogP contribution in [-0.4, -0.2) is 68.4 Å².